The van der Waals surface area contributed by atoms with Gasteiger partial charge in [-0.25, -0.2) is 4.98 Å². The van der Waals surface area contributed by atoms with E-state index in [4.69, 9.17) is 9.15 Å². The predicted octanol–water partition coefficient (Wildman–Crippen LogP) is 2.07. The monoisotopic (exact) mass is 222 g/mol. The average Bonchev–Trinajstić information content (AvgIpc) is 2.60. The third-order valence-corrected chi connectivity index (χ3v) is 2.74. The smallest absolute Gasteiger partial charge is 0.208 e. The molecule has 0 saturated heterocycles. The second kappa shape index (κ2) is 5.16. The van der Waals surface area contributed by atoms with Crippen molar-refractivity contribution in [1.82, 2.24) is 10.3 Å². The van der Waals surface area contributed by atoms with E-state index >= 15 is 0 Å². The number of hydrogen-bond acceptors (Lipinski definition) is 4. The van der Waals surface area contributed by atoms with Gasteiger partial charge in [-0.15, -0.1) is 0 Å². The molecule has 0 aromatic carbocycles. The Balaban J connectivity index is 1.73. The van der Waals surface area contributed by atoms with Crippen LogP contribution in [0.2, 0.25) is 0 Å². The molecule has 1 N–H and O–H groups in total. The quantitative estimate of drug-likeness (QED) is 0.847. The molecule has 1 aliphatic rings. The van der Waals surface area contributed by atoms with Gasteiger partial charge in [0, 0.05) is 6.54 Å². The molecule has 4 heteroatoms. The van der Waals surface area contributed by atoms with Gasteiger partial charge in [0.1, 0.15) is 11.9 Å². The first kappa shape index (κ1) is 11.2. The Kier molecular flexibility index (Phi) is 3.62. The van der Waals surface area contributed by atoms with Gasteiger partial charge in [-0.1, -0.05) is 0 Å². The molecule has 0 bridgehead atoms. The van der Waals surface area contributed by atoms with Gasteiger partial charge in [0.15, 0.2) is 0 Å². The highest BCUT2D eigenvalue weighted by Crippen LogP contribution is 2.10. The molecule has 2 heterocycles. The van der Waals surface area contributed by atoms with Crippen LogP contribution in [0.15, 0.2) is 16.8 Å². The van der Waals surface area contributed by atoms with Crippen molar-refractivity contribution in [2.24, 2.45) is 0 Å². The zero-order valence-corrected chi connectivity index (χ0v) is 9.82. The molecule has 0 aliphatic carbocycles. The molecule has 1 unspecified atom stereocenters. The summed E-state index contributed by atoms with van der Waals surface area (Å²) in [7, 11) is 0. The average molecular weight is 222 g/mol. The lowest BCUT2D eigenvalue weighted by Crippen LogP contribution is -2.28. The van der Waals surface area contributed by atoms with Crippen LogP contribution < -0.4 is 5.32 Å². The summed E-state index contributed by atoms with van der Waals surface area (Å²) >= 11 is 0. The van der Waals surface area contributed by atoms with Gasteiger partial charge in [0.05, 0.1) is 18.5 Å². The van der Waals surface area contributed by atoms with Gasteiger partial charge < -0.3 is 14.5 Å². The molecule has 0 spiro atoms. The standard InChI is InChI=1S/C12H18N2O2/c1-9-10(2)16-12(14-9)8-13-7-11-5-3-4-6-15-11/h4,6,11,13H,3,5,7-8H2,1-2H3. The summed E-state index contributed by atoms with van der Waals surface area (Å²) in [6.07, 6.45) is 6.30. The maximum atomic E-state index is 5.48. The molecule has 1 aliphatic heterocycles. The van der Waals surface area contributed by atoms with E-state index in [9.17, 15) is 0 Å². The number of aryl methyl sites for hydroxylation is 2. The van der Waals surface area contributed by atoms with Crippen molar-refractivity contribution in [1.29, 1.82) is 0 Å². The van der Waals surface area contributed by atoms with Crippen LogP contribution in [0.3, 0.4) is 0 Å². The van der Waals surface area contributed by atoms with Crippen molar-refractivity contribution in [3.05, 3.63) is 29.7 Å². The SMILES string of the molecule is Cc1nc(CNCC2CCC=CO2)oc1C. The third-order valence-electron chi connectivity index (χ3n) is 2.74. The fourth-order valence-corrected chi connectivity index (χ4v) is 1.69. The van der Waals surface area contributed by atoms with Crippen LogP contribution in [0, 0.1) is 13.8 Å². The zero-order valence-electron chi connectivity index (χ0n) is 9.82. The fraction of sp³-hybridized carbons (Fsp3) is 0.583. The van der Waals surface area contributed by atoms with Crippen molar-refractivity contribution in [3.63, 3.8) is 0 Å². The zero-order chi connectivity index (χ0) is 11.4. The Bertz CT molecular complexity index is 352. The van der Waals surface area contributed by atoms with E-state index in [0.717, 1.165) is 36.7 Å². The normalized spacial score (nSPS) is 19.8. The molecule has 2 rings (SSSR count). The molecule has 0 saturated carbocycles. The highest BCUT2D eigenvalue weighted by Gasteiger charge is 2.11. The lowest BCUT2D eigenvalue weighted by Gasteiger charge is -2.19. The summed E-state index contributed by atoms with van der Waals surface area (Å²) in [6, 6.07) is 0. The molecular formula is C12H18N2O2. The summed E-state index contributed by atoms with van der Waals surface area (Å²) in [5, 5.41) is 3.30. The minimum Gasteiger partial charge on any atom is -0.497 e. The largest absolute Gasteiger partial charge is 0.497 e. The molecule has 0 amide bonds. The van der Waals surface area contributed by atoms with Gasteiger partial charge in [-0.05, 0) is 32.8 Å². The molecule has 1 aromatic heterocycles. The number of rotatable bonds is 4. The topological polar surface area (TPSA) is 47.3 Å². The first-order chi connectivity index (χ1) is 7.75. The van der Waals surface area contributed by atoms with E-state index < -0.39 is 0 Å². The summed E-state index contributed by atoms with van der Waals surface area (Å²) in [5.41, 5.74) is 0.966. The molecule has 0 fully saturated rings. The van der Waals surface area contributed by atoms with Crippen molar-refractivity contribution < 1.29 is 9.15 Å². The Labute approximate surface area is 95.7 Å². The van der Waals surface area contributed by atoms with Gasteiger partial charge in [0.2, 0.25) is 5.89 Å². The van der Waals surface area contributed by atoms with Crippen molar-refractivity contribution in [2.75, 3.05) is 6.54 Å². The second-order valence-electron chi connectivity index (χ2n) is 4.09. The predicted molar refractivity (Wildman–Crippen MR) is 60.9 cm³/mol. The van der Waals surface area contributed by atoms with Crippen LogP contribution in [-0.2, 0) is 11.3 Å². The van der Waals surface area contributed by atoms with Crippen LogP contribution in [0.1, 0.15) is 30.2 Å². The van der Waals surface area contributed by atoms with Gasteiger partial charge >= 0.3 is 0 Å². The van der Waals surface area contributed by atoms with E-state index in [0.29, 0.717) is 6.54 Å². The van der Waals surface area contributed by atoms with Crippen molar-refractivity contribution >= 4 is 0 Å². The number of ether oxygens (including phenoxy) is 1. The number of nitrogens with one attached hydrogen (secondary N) is 1. The number of oxazole rings is 1. The maximum absolute atomic E-state index is 5.48. The molecule has 1 aromatic rings. The van der Waals surface area contributed by atoms with Gasteiger partial charge in [-0.3, -0.25) is 0 Å². The van der Waals surface area contributed by atoms with E-state index in [2.05, 4.69) is 16.4 Å². The minimum atomic E-state index is 0.280. The maximum Gasteiger partial charge on any atom is 0.208 e. The lowest BCUT2D eigenvalue weighted by molar-refractivity contribution is 0.121. The van der Waals surface area contributed by atoms with Gasteiger partial charge in [0.25, 0.3) is 0 Å². The highest BCUT2D eigenvalue weighted by atomic mass is 16.5. The first-order valence-corrected chi connectivity index (χ1v) is 5.70. The van der Waals surface area contributed by atoms with Crippen LogP contribution in [0.4, 0.5) is 0 Å². The van der Waals surface area contributed by atoms with Crippen molar-refractivity contribution in [2.45, 2.75) is 39.3 Å². The third kappa shape index (κ3) is 2.85. The summed E-state index contributed by atoms with van der Waals surface area (Å²) in [6.45, 7) is 5.39. The van der Waals surface area contributed by atoms with Gasteiger partial charge in [-0.2, -0.15) is 0 Å². The van der Waals surface area contributed by atoms with Crippen LogP contribution >= 0.6 is 0 Å². The number of hydrogen-bond donors (Lipinski definition) is 1. The lowest BCUT2D eigenvalue weighted by atomic mass is 10.1. The second-order valence-corrected chi connectivity index (χ2v) is 4.09. The summed E-state index contributed by atoms with van der Waals surface area (Å²) in [4.78, 5) is 4.31. The number of allylic oxidation sites excluding steroid dienone is 1. The van der Waals surface area contributed by atoms with E-state index in [1.807, 2.05) is 13.8 Å². The van der Waals surface area contributed by atoms with E-state index in [-0.39, 0.29) is 6.10 Å². The number of aromatic nitrogens is 1. The summed E-state index contributed by atoms with van der Waals surface area (Å²) in [5.74, 6) is 1.65. The molecule has 1 atom stereocenters. The molecule has 0 radical (unpaired) electrons. The highest BCUT2D eigenvalue weighted by molar-refractivity contribution is 5.05. The molecule has 4 nitrogen and oxygen atoms in total. The first-order valence-electron chi connectivity index (χ1n) is 5.70. The Morgan fingerprint density at radius 1 is 1.50 bits per heavy atom. The fourth-order valence-electron chi connectivity index (χ4n) is 1.69. The molecule has 16 heavy (non-hydrogen) atoms. The number of nitrogens with zero attached hydrogens (tertiary/aromatic N) is 1. The Hall–Kier alpha value is -1.29. The van der Waals surface area contributed by atoms with Crippen molar-refractivity contribution in [3.8, 4) is 0 Å². The van der Waals surface area contributed by atoms with Crippen LogP contribution in [0.25, 0.3) is 0 Å². The van der Waals surface area contributed by atoms with Crippen LogP contribution in [-0.4, -0.2) is 17.6 Å². The van der Waals surface area contributed by atoms with E-state index in [1.165, 1.54) is 0 Å². The molecular weight excluding hydrogens is 204 g/mol. The molecule has 88 valence electrons. The Morgan fingerprint density at radius 2 is 2.38 bits per heavy atom. The van der Waals surface area contributed by atoms with Crippen LogP contribution in [0.5, 0.6) is 0 Å². The minimum absolute atomic E-state index is 0.280. The summed E-state index contributed by atoms with van der Waals surface area (Å²) < 4.78 is 10.9. The Morgan fingerprint density at radius 3 is 3.00 bits per heavy atom. The van der Waals surface area contributed by atoms with E-state index in [1.54, 1.807) is 6.26 Å².